The molecular weight excluding hydrogens is 326 g/mol. The van der Waals surface area contributed by atoms with Gasteiger partial charge in [0.2, 0.25) is 5.91 Å². The van der Waals surface area contributed by atoms with Gasteiger partial charge in [0.1, 0.15) is 5.82 Å². The zero-order valence-corrected chi connectivity index (χ0v) is 15.0. The Balaban J connectivity index is 1.75. The monoisotopic (exact) mass is 349 g/mol. The van der Waals surface area contributed by atoms with E-state index in [9.17, 15) is 4.79 Å². The first-order valence-corrected chi connectivity index (χ1v) is 8.58. The van der Waals surface area contributed by atoms with Crippen LogP contribution in [0.2, 0.25) is 0 Å². The number of hydrogen-bond acceptors (Lipinski definition) is 4. The fourth-order valence-electron chi connectivity index (χ4n) is 2.79. The van der Waals surface area contributed by atoms with Gasteiger partial charge in [-0.25, -0.2) is 0 Å². The Bertz CT molecular complexity index is 878. The van der Waals surface area contributed by atoms with Crippen LogP contribution in [0, 0.1) is 0 Å². The molecule has 0 saturated heterocycles. The predicted molar refractivity (Wildman–Crippen MR) is 105 cm³/mol. The fraction of sp³-hybridized carbons (Fsp3) is 0.200. The van der Waals surface area contributed by atoms with Crippen LogP contribution in [0.1, 0.15) is 31.1 Å². The summed E-state index contributed by atoms with van der Waals surface area (Å²) in [5.74, 6) is 1.43. The first kappa shape index (κ1) is 17.5. The van der Waals surface area contributed by atoms with Gasteiger partial charge in [-0.1, -0.05) is 31.7 Å². The number of nitrogens with zero attached hydrogens (tertiary/aromatic N) is 1. The van der Waals surface area contributed by atoms with Gasteiger partial charge in [-0.3, -0.25) is 9.89 Å². The maximum atomic E-state index is 11.5. The molecule has 1 amide bonds. The van der Waals surface area contributed by atoms with E-state index in [1.54, 1.807) is 0 Å². The molecule has 0 bridgehead atoms. The normalized spacial score (nSPS) is 16.2. The van der Waals surface area contributed by atoms with Crippen LogP contribution in [0.5, 0.6) is 0 Å². The van der Waals surface area contributed by atoms with Crippen LogP contribution in [-0.2, 0) is 11.2 Å². The zero-order chi connectivity index (χ0) is 18.5. The Morgan fingerprint density at radius 3 is 2.96 bits per heavy atom. The zero-order valence-electron chi connectivity index (χ0n) is 15.0. The van der Waals surface area contributed by atoms with E-state index < -0.39 is 0 Å². The second-order valence-corrected chi connectivity index (χ2v) is 6.17. The number of carbonyl (C=O) groups is 1. The number of anilines is 2. The summed E-state index contributed by atoms with van der Waals surface area (Å²) in [4.78, 5) is 11.5. The Labute approximate surface area is 153 Å². The number of aryl methyl sites for hydroxylation is 1. The summed E-state index contributed by atoms with van der Waals surface area (Å²) >= 11 is 0. The van der Waals surface area contributed by atoms with Crippen LogP contribution in [0.4, 0.5) is 11.5 Å². The van der Waals surface area contributed by atoms with Gasteiger partial charge in [-0.05, 0) is 48.8 Å². The molecule has 134 valence electrons. The predicted octanol–water partition coefficient (Wildman–Crippen LogP) is 3.64. The molecule has 0 radical (unpaired) electrons. The maximum absolute atomic E-state index is 11.5. The Hall–Kier alpha value is -3.28. The Morgan fingerprint density at radius 2 is 2.23 bits per heavy atom. The summed E-state index contributed by atoms with van der Waals surface area (Å²) in [6.45, 7) is 7.61. The summed E-state index contributed by atoms with van der Waals surface area (Å²) in [5.41, 5.74) is 4.01. The summed E-state index contributed by atoms with van der Waals surface area (Å²) in [6.07, 6.45) is 6.35. The molecule has 1 aliphatic heterocycles. The van der Waals surface area contributed by atoms with Crippen molar-refractivity contribution in [2.45, 2.75) is 26.3 Å². The smallest absolute Gasteiger partial charge is 0.247 e. The summed E-state index contributed by atoms with van der Waals surface area (Å²) < 4.78 is 0. The number of hydrogen-bond donors (Lipinski definition) is 4. The van der Waals surface area contributed by atoms with Crippen molar-refractivity contribution < 1.29 is 4.79 Å². The highest BCUT2D eigenvalue weighted by Crippen LogP contribution is 2.25. The molecule has 2 heterocycles. The number of dihydropyridines is 1. The molecule has 6 nitrogen and oxygen atoms in total. The van der Waals surface area contributed by atoms with Crippen LogP contribution in [0.25, 0.3) is 0 Å². The molecule has 1 unspecified atom stereocenters. The van der Waals surface area contributed by atoms with Gasteiger partial charge in [0.25, 0.3) is 0 Å². The average Bonchev–Trinajstić information content (AvgIpc) is 3.09. The molecule has 0 fully saturated rings. The number of aromatic nitrogens is 2. The summed E-state index contributed by atoms with van der Waals surface area (Å²) in [6, 6.07) is 9.75. The van der Waals surface area contributed by atoms with Crippen molar-refractivity contribution in [2.75, 3.05) is 10.6 Å². The van der Waals surface area contributed by atoms with Gasteiger partial charge >= 0.3 is 0 Å². The molecule has 3 rings (SSSR count). The van der Waals surface area contributed by atoms with Crippen molar-refractivity contribution in [2.24, 2.45) is 0 Å². The lowest BCUT2D eigenvalue weighted by atomic mass is 10.0. The van der Waals surface area contributed by atoms with E-state index >= 15 is 0 Å². The molecule has 4 N–H and O–H groups in total. The van der Waals surface area contributed by atoms with Gasteiger partial charge in [0, 0.05) is 17.4 Å². The molecule has 1 aliphatic rings. The third kappa shape index (κ3) is 4.22. The Morgan fingerprint density at radius 1 is 1.38 bits per heavy atom. The number of rotatable bonds is 6. The highest BCUT2D eigenvalue weighted by Gasteiger charge is 2.16. The van der Waals surface area contributed by atoms with Gasteiger partial charge in [-0.15, -0.1) is 0 Å². The van der Waals surface area contributed by atoms with E-state index in [4.69, 9.17) is 0 Å². The minimum Gasteiger partial charge on any atom is -0.361 e. The fourth-order valence-corrected chi connectivity index (χ4v) is 2.79. The third-order valence-corrected chi connectivity index (χ3v) is 4.09. The summed E-state index contributed by atoms with van der Waals surface area (Å²) in [7, 11) is 0. The lowest BCUT2D eigenvalue weighted by molar-refractivity contribution is -0.111. The molecule has 1 atom stereocenters. The van der Waals surface area contributed by atoms with Crippen LogP contribution >= 0.6 is 0 Å². The van der Waals surface area contributed by atoms with Gasteiger partial charge in [0.05, 0.1) is 6.04 Å². The van der Waals surface area contributed by atoms with E-state index in [0.29, 0.717) is 0 Å². The second-order valence-electron chi connectivity index (χ2n) is 6.17. The van der Waals surface area contributed by atoms with Crippen LogP contribution in [-0.4, -0.2) is 16.1 Å². The van der Waals surface area contributed by atoms with Crippen molar-refractivity contribution in [3.8, 4) is 0 Å². The SMILES string of the molecule is C=CC(=O)Nc1cccc(C2C=C(C)C=C(Nc3cc(CC)[nH]n3)N2)c1. The van der Waals surface area contributed by atoms with E-state index in [-0.39, 0.29) is 11.9 Å². The molecule has 1 aromatic carbocycles. The van der Waals surface area contributed by atoms with Crippen molar-refractivity contribution in [3.63, 3.8) is 0 Å². The van der Waals surface area contributed by atoms with Crippen molar-refractivity contribution >= 4 is 17.4 Å². The number of benzene rings is 1. The van der Waals surface area contributed by atoms with Crippen LogP contribution in [0.15, 0.2) is 66.5 Å². The van der Waals surface area contributed by atoms with Gasteiger partial charge < -0.3 is 16.0 Å². The van der Waals surface area contributed by atoms with Crippen molar-refractivity contribution in [1.29, 1.82) is 0 Å². The van der Waals surface area contributed by atoms with E-state index in [2.05, 4.69) is 52.7 Å². The van der Waals surface area contributed by atoms with Gasteiger partial charge in [0.15, 0.2) is 5.82 Å². The molecule has 0 spiro atoms. The molecule has 0 aliphatic carbocycles. The Kier molecular flexibility index (Phi) is 5.22. The molecule has 6 heteroatoms. The topological polar surface area (TPSA) is 81.8 Å². The largest absolute Gasteiger partial charge is 0.361 e. The van der Waals surface area contributed by atoms with E-state index in [1.807, 2.05) is 36.4 Å². The molecular formula is C20H23N5O. The molecule has 0 saturated carbocycles. The lowest BCUT2D eigenvalue weighted by Crippen LogP contribution is -2.27. The summed E-state index contributed by atoms with van der Waals surface area (Å²) in [5, 5.41) is 16.8. The molecule has 1 aromatic heterocycles. The minimum atomic E-state index is -0.224. The minimum absolute atomic E-state index is 0.00679. The number of allylic oxidation sites excluding steroid dienone is 2. The number of nitrogens with one attached hydrogen (secondary N) is 4. The highest BCUT2D eigenvalue weighted by atomic mass is 16.1. The van der Waals surface area contributed by atoms with Crippen molar-refractivity contribution in [1.82, 2.24) is 15.5 Å². The van der Waals surface area contributed by atoms with E-state index in [1.165, 1.54) is 6.08 Å². The quantitative estimate of drug-likeness (QED) is 0.600. The maximum Gasteiger partial charge on any atom is 0.247 e. The van der Waals surface area contributed by atoms with Gasteiger partial charge in [-0.2, -0.15) is 5.10 Å². The van der Waals surface area contributed by atoms with Crippen LogP contribution < -0.4 is 16.0 Å². The number of amides is 1. The third-order valence-electron chi connectivity index (χ3n) is 4.09. The molecule has 26 heavy (non-hydrogen) atoms. The first-order valence-electron chi connectivity index (χ1n) is 8.58. The number of aromatic amines is 1. The molecule has 2 aromatic rings. The lowest BCUT2D eigenvalue weighted by Gasteiger charge is -2.24. The van der Waals surface area contributed by atoms with Crippen molar-refractivity contribution in [3.05, 3.63) is 77.8 Å². The second kappa shape index (κ2) is 7.74. The average molecular weight is 349 g/mol. The van der Waals surface area contributed by atoms with Crippen LogP contribution in [0.3, 0.4) is 0 Å². The number of carbonyl (C=O) groups excluding carboxylic acids is 1. The number of H-pyrrole nitrogens is 1. The highest BCUT2D eigenvalue weighted by molar-refractivity contribution is 5.98. The standard InChI is InChI=1S/C20H23N5O/c1-4-15-12-19(25-24-15)23-18-10-13(3)9-17(22-18)14-7-6-8-16(11-14)21-20(26)5-2/h5-12,17,22H,2,4H2,1,3H3,(H,21,26)(H2,23,24,25). The first-order chi connectivity index (χ1) is 12.6. The van der Waals surface area contributed by atoms with E-state index in [0.717, 1.165) is 40.6 Å².